The molecule has 1 saturated heterocycles. The maximum absolute atomic E-state index is 12.6. The van der Waals surface area contributed by atoms with Crippen LogP contribution in [0.1, 0.15) is 59.5 Å². The Hall–Kier alpha value is -2.71. The van der Waals surface area contributed by atoms with E-state index in [1.54, 1.807) is 17.1 Å². The Balaban J connectivity index is 1.38. The van der Waals surface area contributed by atoms with E-state index in [1.165, 1.54) is 19.2 Å². The summed E-state index contributed by atoms with van der Waals surface area (Å²) in [5.74, 6) is -0.218. The molecule has 2 aromatic rings. The van der Waals surface area contributed by atoms with Crippen LogP contribution in [0.15, 0.2) is 18.7 Å². The average molecular weight is 357 g/mol. The molecule has 9 heteroatoms. The van der Waals surface area contributed by atoms with Crippen molar-refractivity contribution >= 4 is 11.8 Å². The van der Waals surface area contributed by atoms with Crippen molar-refractivity contribution in [3.05, 3.63) is 30.1 Å². The Morgan fingerprint density at radius 3 is 2.85 bits per heavy atom. The molecule has 1 saturated carbocycles. The lowest BCUT2D eigenvalue weighted by atomic mass is 10.2. The summed E-state index contributed by atoms with van der Waals surface area (Å²) in [4.78, 5) is 33.5. The number of hydrogen-bond donors (Lipinski definition) is 2. The number of rotatable bonds is 5. The number of likely N-dealkylation sites (tertiary alicyclic amines) is 1. The normalized spacial score (nSPS) is 20.6. The first-order valence-electron chi connectivity index (χ1n) is 9.21. The SMILES string of the molecule is O=C(NC1CCCC1)c1cn(C[C@@H]2CCCN2C(=O)c2cnc[nH]2)nn1. The smallest absolute Gasteiger partial charge is 0.273 e. The van der Waals surface area contributed by atoms with Crippen LogP contribution in [0.5, 0.6) is 0 Å². The van der Waals surface area contributed by atoms with Crippen molar-refractivity contribution in [2.75, 3.05) is 6.54 Å². The first-order valence-corrected chi connectivity index (χ1v) is 9.21. The summed E-state index contributed by atoms with van der Waals surface area (Å²) in [6, 6.07) is 0.295. The zero-order valence-corrected chi connectivity index (χ0v) is 14.6. The van der Waals surface area contributed by atoms with Crippen molar-refractivity contribution in [3.8, 4) is 0 Å². The van der Waals surface area contributed by atoms with Crippen LogP contribution in [0.25, 0.3) is 0 Å². The van der Waals surface area contributed by atoms with E-state index in [1.807, 2.05) is 4.90 Å². The van der Waals surface area contributed by atoms with Crippen LogP contribution >= 0.6 is 0 Å². The molecule has 2 N–H and O–H groups in total. The van der Waals surface area contributed by atoms with Crippen molar-refractivity contribution in [3.63, 3.8) is 0 Å². The minimum Gasteiger partial charge on any atom is -0.348 e. The minimum absolute atomic E-state index is 0.0400. The molecule has 2 aromatic heterocycles. The van der Waals surface area contributed by atoms with E-state index in [0.29, 0.717) is 24.5 Å². The molecule has 4 rings (SSSR count). The van der Waals surface area contributed by atoms with Gasteiger partial charge in [-0.2, -0.15) is 0 Å². The van der Waals surface area contributed by atoms with Crippen molar-refractivity contribution in [2.45, 2.75) is 57.2 Å². The van der Waals surface area contributed by atoms with Gasteiger partial charge in [0.15, 0.2) is 5.69 Å². The molecule has 2 fully saturated rings. The molecule has 0 unspecified atom stereocenters. The Labute approximate surface area is 151 Å². The molecular weight excluding hydrogens is 334 g/mol. The van der Waals surface area contributed by atoms with Crippen LogP contribution in [0.4, 0.5) is 0 Å². The second-order valence-corrected chi connectivity index (χ2v) is 7.04. The van der Waals surface area contributed by atoms with E-state index in [4.69, 9.17) is 0 Å². The van der Waals surface area contributed by atoms with Gasteiger partial charge in [-0.25, -0.2) is 9.67 Å². The predicted octanol–water partition coefficient (Wildman–Crippen LogP) is 0.978. The molecule has 2 aliphatic rings. The summed E-state index contributed by atoms with van der Waals surface area (Å²) >= 11 is 0. The van der Waals surface area contributed by atoms with E-state index in [2.05, 4.69) is 25.6 Å². The lowest BCUT2D eigenvalue weighted by Crippen LogP contribution is -2.38. The van der Waals surface area contributed by atoms with Crippen LogP contribution in [-0.2, 0) is 6.54 Å². The molecule has 0 radical (unpaired) electrons. The van der Waals surface area contributed by atoms with E-state index in [9.17, 15) is 9.59 Å². The fourth-order valence-electron chi connectivity index (χ4n) is 3.86. The summed E-state index contributed by atoms with van der Waals surface area (Å²) in [5.41, 5.74) is 0.827. The quantitative estimate of drug-likeness (QED) is 0.829. The second kappa shape index (κ2) is 7.27. The van der Waals surface area contributed by atoms with E-state index in [0.717, 1.165) is 25.7 Å². The highest BCUT2D eigenvalue weighted by molar-refractivity contribution is 5.92. The molecule has 1 atom stereocenters. The Morgan fingerprint density at radius 2 is 2.08 bits per heavy atom. The number of nitrogens with zero attached hydrogens (tertiary/aromatic N) is 5. The molecule has 1 aliphatic heterocycles. The molecule has 3 heterocycles. The van der Waals surface area contributed by atoms with Crippen molar-refractivity contribution in [1.82, 2.24) is 35.2 Å². The number of aromatic amines is 1. The lowest BCUT2D eigenvalue weighted by molar-refractivity contribution is 0.0715. The van der Waals surface area contributed by atoms with Gasteiger partial charge in [0.05, 0.1) is 31.3 Å². The maximum Gasteiger partial charge on any atom is 0.273 e. The number of aromatic nitrogens is 5. The predicted molar refractivity (Wildman–Crippen MR) is 92.4 cm³/mol. The first-order chi connectivity index (χ1) is 12.7. The van der Waals surface area contributed by atoms with Crippen LogP contribution in [0.2, 0.25) is 0 Å². The highest BCUT2D eigenvalue weighted by Crippen LogP contribution is 2.21. The van der Waals surface area contributed by atoms with Crippen LogP contribution in [-0.4, -0.2) is 60.3 Å². The molecule has 26 heavy (non-hydrogen) atoms. The summed E-state index contributed by atoms with van der Waals surface area (Å²) < 4.78 is 1.66. The fourth-order valence-corrected chi connectivity index (χ4v) is 3.86. The first kappa shape index (κ1) is 16.7. The van der Waals surface area contributed by atoms with Crippen molar-refractivity contribution in [2.24, 2.45) is 0 Å². The van der Waals surface area contributed by atoms with Gasteiger partial charge < -0.3 is 15.2 Å². The molecular formula is C17H23N7O2. The van der Waals surface area contributed by atoms with Gasteiger partial charge in [0, 0.05) is 12.6 Å². The molecule has 1 aliphatic carbocycles. The summed E-state index contributed by atoms with van der Waals surface area (Å²) in [5, 5.41) is 11.1. The van der Waals surface area contributed by atoms with Gasteiger partial charge in [-0.1, -0.05) is 18.1 Å². The van der Waals surface area contributed by atoms with Gasteiger partial charge in [0.25, 0.3) is 11.8 Å². The van der Waals surface area contributed by atoms with Gasteiger partial charge in [0.2, 0.25) is 0 Å². The van der Waals surface area contributed by atoms with E-state index < -0.39 is 0 Å². The number of H-pyrrole nitrogens is 1. The molecule has 138 valence electrons. The summed E-state index contributed by atoms with van der Waals surface area (Å²) in [7, 11) is 0. The Morgan fingerprint density at radius 1 is 1.23 bits per heavy atom. The maximum atomic E-state index is 12.6. The highest BCUT2D eigenvalue weighted by atomic mass is 16.2. The second-order valence-electron chi connectivity index (χ2n) is 7.04. The number of hydrogen-bond acceptors (Lipinski definition) is 5. The zero-order valence-electron chi connectivity index (χ0n) is 14.6. The number of carbonyl (C=O) groups excluding carboxylic acids is 2. The monoisotopic (exact) mass is 357 g/mol. The number of imidazole rings is 1. The minimum atomic E-state index is -0.167. The zero-order chi connectivity index (χ0) is 17.9. The van der Waals surface area contributed by atoms with Gasteiger partial charge in [0.1, 0.15) is 5.69 Å². The average Bonchev–Trinajstić information content (AvgIpc) is 3.42. The number of nitrogens with one attached hydrogen (secondary N) is 2. The van der Waals surface area contributed by atoms with Gasteiger partial charge in [-0.3, -0.25) is 9.59 Å². The molecule has 0 bridgehead atoms. The molecule has 0 spiro atoms. The molecule has 2 amide bonds. The van der Waals surface area contributed by atoms with Crippen LogP contribution in [0.3, 0.4) is 0 Å². The number of amides is 2. The van der Waals surface area contributed by atoms with Crippen molar-refractivity contribution < 1.29 is 9.59 Å². The van der Waals surface area contributed by atoms with Crippen LogP contribution < -0.4 is 5.32 Å². The Kier molecular flexibility index (Phi) is 4.68. The largest absolute Gasteiger partial charge is 0.348 e. The van der Waals surface area contributed by atoms with E-state index >= 15 is 0 Å². The Bertz CT molecular complexity index is 764. The van der Waals surface area contributed by atoms with Gasteiger partial charge >= 0.3 is 0 Å². The van der Waals surface area contributed by atoms with Gasteiger partial charge in [-0.05, 0) is 25.7 Å². The van der Waals surface area contributed by atoms with Crippen molar-refractivity contribution in [1.29, 1.82) is 0 Å². The topological polar surface area (TPSA) is 109 Å². The third-order valence-corrected chi connectivity index (χ3v) is 5.23. The van der Waals surface area contributed by atoms with Gasteiger partial charge in [-0.15, -0.1) is 5.10 Å². The molecule has 0 aromatic carbocycles. The van der Waals surface area contributed by atoms with E-state index in [-0.39, 0.29) is 23.9 Å². The van der Waals surface area contributed by atoms with Crippen LogP contribution in [0, 0.1) is 0 Å². The third-order valence-electron chi connectivity index (χ3n) is 5.23. The summed E-state index contributed by atoms with van der Waals surface area (Å²) in [6.07, 6.45) is 11.0. The molecule has 9 nitrogen and oxygen atoms in total. The fraction of sp³-hybridized carbons (Fsp3) is 0.588. The third kappa shape index (κ3) is 3.47. The summed E-state index contributed by atoms with van der Waals surface area (Å²) in [6.45, 7) is 1.25. The number of carbonyl (C=O) groups is 2. The lowest BCUT2D eigenvalue weighted by Gasteiger charge is -2.23. The standard InChI is InChI=1S/C17H23N7O2/c25-16(20-12-4-1-2-5-12)15-10-23(22-21-15)9-13-6-3-7-24(13)17(26)14-8-18-11-19-14/h8,10-13H,1-7,9H2,(H,18,19)(H,20,25)/t13-/m0/s1. The highest BCUT2D eigenvalue weighted by Gasteiger charge is 2.31.